The normalized spacial score (nSPS) is 34.6. The van der Waals surface area contributed by atoms with Crippen LogP contribution in [0.3, 0.4) is 0 Å². The van der Waals surface area contributed by atoms with Crippen molar-refractivity contribution in [3.05, 3.63) is 70.3 Å². The second-order valence-electron chi connectivity index (χ2n) is 13.1. The van der Waals surface area contributed by atoms with Crippen molar-refractivity contribution < 1.29 is 23.1 Å². The number of aliphatic hydroxyl groups is 1. The first-order valence-electron chi connectivity index (χ1n) is 15.4. The number of fused-ring (bicyclic) bond motifs is 5. The van der Waals surface area contributed by atoms with E-state index in [1.54, 1.807) is 12.1 Å². The molecular formula is C33H39ClN2O5S. The topological polar surface area (TPSA) is 95.9 Å². The summed E-state index contributed by atoms with van der Waals surface area (Å²) in [6, 6.07) is 11.5. The highest BCUT2D eigenvalue weighted by Gasteiger charge is 2.44. The number of aryl methyl sites for hydroxylation is 1. The van der Waals surface area contributed by atoms with Crippen LogP contribution in [0.4, 0.5) is 5.69 Å². The molecule has 42 heavy (non-hydrogen) atoms. The minimum atomic E-state index is -3.86. The van der Waals surface area contributed by atoms with Crippen LogP contribution < -0.4 is 14.4 Å². The van der Waals surface area contributed by atoms with Gasteiger partial charge in [0.05, 0.1) is 23.6 Å². The zero-order valence-corrected chi connectivity index (χ0v) is 25.4. The fourth-order valence-corrected chi connectivity index (χ4v) is 10.2. The third kappa shape index (κ3) is 5.03. The van der Waals surface area contributed by atoms with Gasteiger partial charge < -0.3 is 14.7 Å². The van der Waals surface area contributed by atoms with E-state index in [0.717, 1.165) is 62.2 Å². The van der Waals surface area contributed by atoms with Gasteiger partial charge in [0.25, 0.3) is 5.91 Å². The number of aliphatic hydroxyl groups excluding tert-OH is 1. The number of rotatable bonds is 0. The first kappa shape index (κ1) is 28.2. The van der Waals surface area contributed by atoms with Crippen LogP contribution in [0.1, 0.15) is 72.9 Å². The van der Waals surface area contributed by atoms with E-state index in [9.17, 15) is 18.3 Å². The smallest absolute Gasteiger partial charge is 0.264 e. The van der Waals surface area contributed by atoms with Gasteiger partial charge in [-0.15, -0.1) is 0 Å². The van der Waals surface area contributed by atoms with Gasteiger partial charge in [0.2, 0.25) is 10.0 Å². The van der Waals surface area contributed by atoms with Crippen molar-refractivity contribution >= 4 is 33.2 Å². The molecule has 6 atom stereocenters. The number of nitrogens with one attached hydrogen (secondary N) is 1. The molecule has 2 saturated carbocycles. The van der Waals surface area contributed by atoms with Crippen molar-refractivity contribution in [1.29, 1.82) is 0 Å². The lowest BCUT2D eigenvalue weighted by Gasteiger charge is -2.45. The van der Waals surface area contributed by atoms with Crippen LogP contribution >= 0.6 is 11.6 Å². The van der Waals surface area contributed by atoms with Gasteiger partial charge >= 0.3 is 0 Å². The predicted octanol–water partition coefficient (Wildman–Crippen LogP) is 5.39. The van der Waals surface area contributed by atoms with Gasteiger partial charge in [-0.25, -0.2) is 13.1 Å². The van der Waals surface area contributed by atoms with Crippen molar-refractivity contribution in [2.45, 2.75) is 74.6 Å². The summed E-state index contributed by atoms with van der Waals surface area (Å²) in [6.07, 6.45) is 11.0. The zero-order chi connectivity index (χ0) is 29.1. The number of anilines is 1. The van der Waals surface area contributed by atoms with E-state index in [1.807, 2.05) is 24.3 Å². The number of ether oxygens (including phenoxy) is 1. The number of nitrogens with zero attached hydrogens (tertiary/aromatic N) is 1. The summed E-state index contributed by atoms with van der Waals surface area (Å²) in [6.45, 7) is 1.94. The Kier molecular flexibility index (Phi) is 7.30. The predicted molar refractivity (Wildman–Crippen MR) is 164 cm³/mol. The summed E-state index contributed by atoms with van der Waals surface area (Å²) < 4.78 is 35.7. The molecule has 7 nitrogen and oxygen atoms in total. The van der Waals surface area contributed by atoms with Crippen molar-refractivity contribution in [3.8, 4) is 5.75 Å². The van der Waals surface area contributed by atoms with Crippen molar-refractivity contribution in [2.75, 3.05) is 24.6 Å². The van der Waals surface area contributed by atoms with Crippen molar-refractivity contribution in [1.82, 2.24) is 4.72 Å². The molecule has 0 saturated heterocycles. The maximum Gasteiger partial charge on any atom is 0.264 e. The fraction of sp³-hybridized carbons (Fsp3) is 0.545. The van der Waals surface area contributed by atoms with Gasteiger partial charge in [-0.2, -0.15) is 0 Å². The zero-order valence-electron chi connectivity index (χ0n) is 23.8. The molecule has 2 aliphatic heterocycles. The highest BCUT2D eigenvalue weighted by atomic mass is 35.5. The second-order valence-corrected chi connectivity index (χ2v) is 15.5. The second kappa shape index (κ2) is 10.9. The van der Waals surface area contributed by atoms with E-state index < -0.39 is 27.3 Å². The van der Waals surface area contributed by atoms with E-state index in [0.29, 0.717) is 43.2 Å². The maximum absolute atomic E-state index is 13.4. The first-order valence-corrected chi connectivity index (χ1v) is 17.4. The highest BCUT2D eigenvalue weighted by molar-refractivity contribution is 7.90. The monoisotopic (exact) mass is 610 g/mol. The van der Waals surface area contributed by atoms with E-state index in [2.05, 4.69) is 21.8 Å². The summed E-state index contributed by atoms with van der Waals surface area (Å²) in [5.41, 5.74) is 3.39. The molecule has 2 aromatic carbocycles. The molecule has 2 fully saturated rings. The van der Waals surface area contributed by atoms with Crippen LogP contribution in [0, 0.1) is 17.8 Å². The minimum absolute atomic E-state index is 0.0655. The van der Waals surface area contributed by atoms with E-state index in [-0.39, 0.29) is 17.3 Å². The largest absolute Gasteiger partial charge is 0.490 e. The van der Waals surface area contributed by atoms with Crippen LogP contribution in [0.15, 0.2) is 48.6 Å². The maximum atomic E-state index is 13.4. The Bertz CT molecular complexity index is 1530. The van der Waals surface area contributed by atoms with Crippen LogP contribution in [0.5, 0.6) is 5.75 Å². The Morgan fingerprint density at radius 1 is 1.05 bits per heavy atom. The quantitative estimate of drug-likeness (QED) is 0.389. The van der Waals surface area contributed by atoms with Gasteiger partial charge in [-0.05, 0) is 111 Å². The third-order valence-corrected chi connectivity index (χ3v) is 12.8. The molecule has 0 unspecified atom stereocenters. The van der Waals surface area contributed by atoms with Gasteiger partial charge in [-0.1, -0.05) is 36.2 Å². The standard InChI is InChI=1S/C33H39ClN2O5S/c34-25-11-13-27-22(16-25)6-3-15-33(27)19-36-18-24-9-12-26(24)29(37)7-1-4-21-5-2-8-31(21)42(39,40)35-32(38)23-10-14-30(41-20-33)28(36)17-23/h1,7,10-11,13-14,16-17,21,24,26,29,31,37H,2-6,8-9,12,15,18-20H2,(H,35,38)/b7-1-/t21-,24+,26-,29+,31+,33+/m1/s1. The van der Waals surface area contributed by atoms with Gasteiger partial charge in [0, 0.05) is 29.1 Å². The number of hydrogen-bond donors (Lipinski definition) is 2. The summed E-state index contributed by atoms with van der Waals surface area (Å²) >= 11 is 6.39. The third-order valence-electron chi connectivity index (χ3n) is 10.7. The highest BCUT2D eigenvalue weighted by Crippen LogP contribution is 2.47. The van der Waals surface area contributed by atoms with E-state index in [4.69, 9.17) is 16.3 Å². The first-order chi connectivity index (χ1) is 20.2. The average Bonchev–Trinajstić information content (AvgIpc) is 3.37. The van der Waals surface area contributed by atoms with Gasteiger partial charge in [-0.3, -0.25) is 4.79 Å². The molecule has 5 aliphatic rings. The molecule has 2 heterocycles. The van der Waals surface area contributed by atoms with Gasteiger partial charge in [0.15, 0.2) is 0 Å². The Morgan fingerprint density at radius 3 is 2.76 bits per heavy atom. The van der Waals surface area contributed by atoms with E-state index >= 15 is 0 Å². The number of sulfonamides is 1. The van der Waals surface area contributed by atoms with E-state index in [1.165, 1.54) is 11.1 Å². The molecule has 9 heteroatoms. The lowest BCUT2D eigenvalue weighted by Crippen LogP contribution is -2.49. The lowest BCUT2D eigenvalue weighted by molar-refractivity contribution is 0.0455. The van der Waals surface area contributed by atoms with Crippen LogP contribution in [-0.4, -0.2) is 50.5 Å². The molecule has 3 aliphatic carbocycles. The van der Waals surface area contributed by atoms with Gasteiger partial charge in [0.1, 0.15) is 5.75 Å². The van der Waals surface area contributed by atoms with Crippen molar-refractivity contribution in [2.24, 2.45) is 17.8 Å². The molecule has 224 valence electrons. The number of hydrogen-bond acceptors (Lipinski definition) is 6. The van der Waals surface area contributed by atoms with Crippen LogP contribution in [0.25, 0.3) is 0 Å². The summed E-state index contributed by atoms with van der Waals surface area (Å²) in [4.78, 5) is 15.8. The number of benzene rings is 2. The molecule has 2 bridgehead atoms. The average molecular weight is 611 g/mol. The Labute approximate surface area is 253 Å². The summed E-state index contributed by atoms with van der Waals surface area (Å²) in [5.74, 6) is 0.472. The Balaban J connectivity index is 1.29. The molecule has 2 aromatic rings. The molecule has 7 rings (SSSR count). The van der Waals surface area contributed by atoms with Crippen LogP contribution in [-0.2, 0) is 21.9 Å². The molecule has 1 spiro atoms. The number of allylic oxidation sites excluding steroid dienone is 1. The number of halogens is 1. The molecule has 2 N–H and O–H groups in total. The number of amides is 1. The number of carbonyl (C=O) groups excluding carboxylic acids is 1. The molecule has 1 amide bonds. The molecule has 0 aromatic heterocycles. The SMILES string of the molecule is O=C1NS(=O)(=O)[C@H]2CCC[C@H]2C/C=C\[C@H](O)[C@@H]2CC[C@H]2CN2C[C@@]3(CCCc4cc(Cl)ccc43)COc3ccc1cc32. The summed E-state index contributed by atoms with van der Waals surface area (Å²) in [5, 5.41) is 11.3. The van der Waals surface area contributed by atoms with Crippen molar-refractivity contribution in [3.63, 3.8) is 0 Å². The Hall–Kier alpha value is -2.55. The minimum Gasteiger partial charge on any atom is -0.490 e. The molecule has 0 radical (unpaired) electrons. The number of carbonyl (C=O) groups is 1. The Morgan fingerprint density at radius 2 is 1.93 bits per heavy atom. The lowest BCUT2D eigenvalue weighted by atomic mass is 9.68. The van der Waals surface area contributed by atoms with Crippen LogP contribution in [0.2, 0.25) is 5.02 Å². The summed E-state index contributed by atoms with van der Waals surface area (Å²) in [7, 11) is -3.86. The molecular weight excluding hydrogens is 572 g/mol. The fourth-order valence-electron chi connectivity index (χ4n) is 8.29.